The lowest BCUT2D eigenvalue weighted by molar-refractivity contribution is 0.0702. The molecule has 8 heteroatoms. The molecule has 2 rings (SSSR count). The van der Waals surface area contributed by atoms with Crippen LogP contribution in [0.4, 0.5) is 0 Å². The van der Waals surface area contributed by atoms with Crippen LogP contribution < -0.4 is 4.74 Å². The molecule has 17 heavy (non-hydrogen) atoms. The highest BCUT2D eigenvalue weighted by Crippen LogP contribution is 2.32. The fourth-order valence-corrected chi connectivity index (χ4v) is 2.34. The summed E-state index contributed by atoms with van der Waals surface area (Å²) in [5.41, 5.74) is 0. The number of aromatic carboxylic acids is 1. The molecule has 0 unspecified atom stereocenters. The molecular weight excluding hydrogens is 332 g/mol. The molecule has 0 atom stereocenters. The lowest BCUT2D eigenvalue weighted by Crippen LogP contribution is -1.91. The Morgan fingerprint density at radius 3 is 2.88 bits per heavy atom. The van der Waals surface area contributed by atoms with Gasteiger partial charge in [-0.25, -0.2) is 4.79 Å². The molecule has 88 valence electrons. The number of pyridine rings is 1. The summed E-state index contributed by atoms with van der Waals surface area (Å²) in [6.45, 7) is 0. The molecule has 1 N–H and O–H groups in total. The Balaban J connectivity index is 2.25. The first-order valence-corrected chi connectivity index (χ1v) is 6.23. The zero-order chi connectivity index (χ0) is 12.4. The first-order chi connectivity index (χ1) is 8.06. The number of ether oxygens (including phenoxy) is 1. The molecule has 0 saturated carbocycles. The Labute approximate surface area is 113 Å². The van der Waals surface area contributed by atoms with Gasteiger partial charge in [0.2, 0.25) is 0 Å². The Morgan fingerprint density at radius 1 is 1.53 bits per heavy atom. The van der Waals surface area contributed by atoms with Gasteiger partial charge in [-0.2, -0.15) is 4.98 Å². The van der Waals surface area contributed by atoms with Crippen molar-refractivity contribution in [1.29, 1.82) is 0 Å². The predicted molar refractivity (Wildman–Crippen MR) is 66.1 cm³/mol. The SMILES string of the molecule is O=C(O)c1sc(Oc2cncc(Br)c2)nc1Cl. The zero-order valence-electron chi connectivity index (χ0n) is 8.05. The fourth-order valence-electron chi connectivity index (χ4n) is 1.01. The first-order valence-electron chi connectivity index (χ1n) is 4.24. The maximum absolute atomic E-state index is 10.8. The van der Waals surface area contributed by atoms with Gasteiger partial charge in [-0.1, -0.05) is 22.9 Å². The molecule has 5 nitrogen and oxygen atoms in total. The molecule has 0 fully saturated rings. The lowest BCUT2D eigenvalue weighted by atomic mass is 10.5. The molecule has 0 aliphatic heterocycles. The molecule has 0 saturated heterocycles. The van der Waals surface area contributed by atoms with Crippen LogP contribution in [0.5, 0.6) is 10.9 Å². The van der Waals surface area contributed by atoms with Crippen LogP contribution in [0.25, 0.3) is 0 Å². The van der Waals surface area contributed by atoms with E-state index >= 15 is 0 Å². The second-order valence-corrected chi connectivity index (χ2v) is 5.08. The van der Waals surface area contributed by atoms with Crippen molar-refractivity contribution in [3.05, 3.63) is 33.0 Å². The number of rotatable bonds is 3. The molecule has 0 radical (unpaired) electrons. The van der Waals surface area contributed by atoms with E-state index in [1.54, 1.807) is 12.3 Å². The molecule has 0 bridgehead atoms. The minimum atomic E-state index is -1.13. The summed E-state index contributed by atoms with van der Waals surface area (Å²) < 4.78 is 6.08. The molecule has 2 aromatic heterocycles. The van der Waals surface area contributed by atoms with E-state index in [-0.39, 0.29) is 15.2 Å². The van der Waals surface area contributed by atoms with Crippen molar-refractivity contribution in [2.45, 2.75) is 0 Å². The quantitative estimate of drug-likeness (QED) is 0.930. The van der Waals surface area contributed by atoms with E-state index in [1.165, 1.54) is 6.20 Å². The van der Waals surface area contributed by atoms with Crippen LogP contribution in [-0.4, -0.2) is 21.0 Å². The largest absolute Gasteiger partial charge is 0.477 e. The van der Waals surface area contributed by atoms with Gasteiger partial charge in [-0.15, -0.1) is 0 Å². The van der Waals surface area contributed by atoms with Crippen molar-refractivity contribution >= 4 is 44.8 Å². The molecule has 0 aliphatic rings. The van der Waals surface area contributed by atoms with Crippen LogP contribution in [0.2, 0.25) is 5.15 Å². The maximum Gasteiger partial charge on any atom is 0.349 e. The third-order valence-corrected chi connectivity index (χ3v) is 3.39. The summed E-state index contributed by atoms with van der Waals surface area (Å²) >= 11 is 9.75. The molecule has 0 aliphatic carbocycles. The Morgan fingerprint density at radius 2 is 2.29 bits per heavy atom. The number of carbonyl (C=O) groups is 1. The summed E-state index contributed by atoms with van der Waals surface area (Å²) in [7, 11) is 0. The number of carboxylic acid groups (broad SMARTS) is 1. The summed E-state index contributed by atoms with van der Waals surface area (Å²) in [4.78, 5) is 18.4. The fraction of sp³-hybridized carbons (Fsp3) is 0. The number of hydrogen-bond donors (Lipinski definition) is 1. The molecule has 0 aromatic carbocycles. The topological polar surface area (TPSA) is 72.3 Å². The normalized spacial score (nSPS) is 10.2. The van der Waals surface area contributed by atoms with Crippen molar-refractivity contribution in [2.24, 2.45) is 0 Å². The average molecular weight is 336 g/mol. The minimum absolute atomic E-state index is 0.0513. The van der Waals surface area contributed by atoms with Gasteiger partial charge in [-0.05, 0) is 22.0 Å². The molecule has 2 aromatic rings. The van der Waals surface area contributed by atoms with Gasteiger partial charge in [0.15, 0.2) is 10.0 Å². The molecular formula is C9H4BrClN2O3S. The standard InChI is InChI=1S/C9H4BrClN2O3S/c10-4-1-5(3-12-2-4)16-9-13-7(11)6(17-9)8(14)15/h1-3H,(H,14,15). The van der Waals surface area contributed by atoms with Crippen molar-refractivity contribution in [3.63, 3.8) is 0 Å². The Bertz CT molecular complexity index is 575. The van der Waals surface area contributed by atoms with Crippen molar-refractivity contribution < 1.29 is 14.6 Å². The van der Waals surface area contributed by atoms with E-state index in [1.807, 2.05) is 0 Å². The van der Waals surface area contributed by atoms with E-state index in [2.05, 4.69) is 25.9 Å². The van der Waals surface area contributed by atoms with Gasteiger partial charge >= 0.3 is 5.97 Å². The van der Waals surface area contributed by atoms with Gasteiger partial charge in [0.05, 0.1) is 6.20 Å². The zero-order valence-corrected chi connectivity index (χ0v) is 11.2. The highest BCUT2D eigenvalue weighted by Gasteiger charge is 2.17. The van der Waals surface area contributed by atoms with E-state index < -0.39 is 5.97 Å². The van der Waals surface area contributed by atoms with Gasteiger partial charge in [0.25, 0.3) is 5.19 Å². The number of hydrogen-bond acceptors (Lipinski definition) is 5. The summed E-state index contributed by atoms with van der Waals surface area (Å²) in [5.74, 6) is -0.684. The van der Waals surface area contributed by atoms with Crippen LogP contribution in [0.3, 0.4) is 0 Å². The van der Waals surface area contributed by atoms with E-state index in [9.17, 15) is 4.79 Å². The Kier molecular flexibility index (Phi) is 3.60. The van der Waals surface area contributed by atoms with Crippen LogP contribution in [0.1, 0.15) is 9.67 Å². The van der Waals surface area contributed by atoms with Crippen molar-refractivity contribution in [3.8, 4) is 10.9 Å². The summed E-state index contributed by atoms with van der Waals surface area (Å²) in [6, 6.07) is 1.68. The molecule has 2 heterocycles. The van der Waals surface area contributed by atoms with Crippen LogP contribution in [0.15, 0.2) is 22.9 Å². The third-order valence-electron chi connectivity index (χ3n) is 1.65. The van der Waals surface area contributed by atoms with Gasteiger partial charge < -0.3 is 9.84 Å². The summed E-state index contributed by atoms with van der Waals surface area (Å²) in [5, 5.41) is 8.88. The second-order valence-electron chi connectivity index (χ2n) is 2.85. The maximum atomic E-state index is 10.8. The average Bonchev–Trinajstić information content (AvgIpc) is 2.59. The van der Waals surface area contributed by atoms with Gasteiger partial charge in [0, 0.05) is 10.7 Å². The third kappa shape index (κ3) is 2.93. The van der Waals surface area contributed by atoms with Crippen LogP contribution in [-0.2, 0) is 0 Å². The number of thiazole rings is 1. The number of nitrogens with zero attached hydrogens (tertiary/aromatic N) is 2. The van der Waals surface area contributed by atoms with Crippen LogP contribution in [0, 0.1) is 0 Å². The van der Waals surface area contributed by atoms with E-state index in [0.717, 1.165) is 15.8 Å². The van der Waals surface area contributed by atoms with E-state index in [4.69, 9.17) is 21.4 Å². The predicted octanol–water partition coefficient (Wildman–Crippen LogP) is 3.44. The van der Waals surface area contributed by atoms with Gasteiger partial charge in [-0.3, -0.25) is 4.98 Å². The molecule has 0 amide bonds. The second kappa shape index (κ2) is 4.99. The minimum Gasteiger partial charge on any atom is -0.477 e. The monoisotopic (exact) mass is 334 g/mol. The lowest BCUT2D eigenvalue weighted by Gasteiger charge is -2.00. The summed E-state index contributed by atoms with van der Waals surface area (Å²) in [6.07, 6.45) is 3.09. The van der Waals surface area contributed by atoms with Gasteiger partial charge in [0.1, 0.15) is 5.75 Å². The Hall–Kier alpha value is -1.18. The van der Waals surface area contributed by atoms with Crippen molar-refractivity contribution in [1.82, 2.24) is 9.97 Å². The van der Waals surface area contributed by atoms with Crippen LogP contribution >= 0.6 is 38.9 Å². The highest BCUT2D eigenvalue weighted by atomic mass is 79.9. The molecule has 0 spiro atoms. The number of carboxylic acids is 1. The van der Waals surface area contributed by atoms with Crippen molar-refractivity contribution in [2.75, 3.05) is 0 Å². The first kappa shape index (κ1) is 12.3. The highest BCUT2D eigenvalue weighted by molar-refractivity contribution is 9.10. The number of aromatic nitrogens is 2. The smallest absolute Gasteiger partial charge is 0.349 e. The van der Waals surface area contributed by atoms with E-state index in [0.29, 0.717) is 5.75 Å². The number of halogens is 2.